The molecule has 0 aliphatic carbocycles. The summed E-state index contributed by atoms with van der Waals surface area (Å²) in [6.07, 6.45) is 5.01. The molecule has 7 nitrogen and oxygen atoms in total. The molecule has 1 aliphatic rings. The van der Waals surface area contributed by atoms with Gasteiger partial charge in [0.1, 0.15) is 11.4 Å². The van der Waals surface area contributed by atoms with E-state index in [-0.39, 0.29) is 30.7 Å². The van der Waals surface area contributed by atoms with Gasteiger partial charge in [-0.3, -0.25) is 9.48 Å². The number of H-pyrrole nitrogens is 1. The first-order valence-electron chi connectivity index (χ1n) is 8.16. The summed E-state index contributed by atoms with van der Waals surface area (Å²) in [5.74, 6) is 0.836. The molecule has 2 aromatic heterocycles. The zero-order valence-corrected chi connectivity index (χ0v) is 16.0. The Morgan fingerprint density at radius 3 is 2.73 bits per heavy atom. The maximum atomic E-state index is 13.1. The van der Waals surface area contributed by atoms with Gasteiger partial charge < -0.3 is 15.6 Å². The van der Waals surface area contributed by atoms with Gasteiger partial charge in [0.15, 0.2) is 0 Å². The van der Waals surface area contributed by atoms with Crippen molar-refractivity contribution in [1.82, 2.24) is 25.1 Å². The molecule has 0 unspecified atom stereocenters. The van der Waals surface area contributed by atoms with E-state index in [1.807, 2.05) is 37.4 Å². The summed E-state index contributed by atoms with van der Waals surface area (Å²) in [6, 6.07) is 7.58. The molecule has 1 fully saturated rings. The van der Waals surface area contributed by atoms with Crippen molar-refractivity contribution in [1.29, 1.82) is 0 Å². The summed E-state index contributed by atoms with van der Waals surface area (Å²) in [5, 5.41) is 10.7. The van der Waals surface area contributed by atoms with Crippen LogP contribution in [0.4, 0.5) is 5.69 Å². The second-order valence-electron chi connectivity index (χ2n) is 6.24. The second-order valence-corrected chi connectivity index (χ2v) is 6.24. The van der Waals surface area contributed by atoms with E-state index >= 15 is 0 Å². The molecule has 1 saturated heterocycles. The first kappa shape index (κ1) is 20.2. The predicted octanol–water partition coefficient (Wildman–Crippen LogP) is 2.63. The molecule has 0 bridgehead atoms. The number of nitrogens with zero attached hydrogens (tertiary/aromatic N) is 3. The fourth-order valence-electron chi connectivity index (χ4n) is 3.38. The van der Waals surface area contributed by atoms with Gasteiger partial charge in [-0.2, -0.15) is 5.10 Å². The molecule has 1 amide bonds. The van der Waals surface area contributed by atoms with Crippen LogP contribution in [0.2, 0.25) is 0 Å². The number of carbonyl (C=O) groups excluding carboxylic acids is 1. The van der Waals surface area contributed by atoms with E-state index in [2.05, 4.69) is 25.7 Å². The number of rotatable bonds is 3. The lowest BCUT2D eigenvalue weighted by Crippen LogP contribution is -2.52. The maximum Gasteiger partial charge on any atom is 0.252 e. The summed E-state index contributed by atoms with van der Waals surface area (Å²) < 4.78 is 1.79. The van der Waals surface area contributed by atoms with Crippen LogP contribution in [0, 0.1) is 6.92 Å². The lowest BCUT2D eigenvalue weighted by Gasteiger charge is -2.36. The van der Waals surface area contributed by atoms with Crippen molar-refractivity contribution in [2.45, 2.75) is 25.3 Å². The Hall–Kier alpha value is -2.09. The summed E-state index contributed by atoms with van der Waals surface area (Å²) in [5.41, 5.74) is 1.94. The smallest absolute Gasteiger partial charge is 0.252 e. The minimum Gasteiger partial charge on any atom is -0.342 e. The molecule has 1 aliphatic heterocycles. The van der Waals surface area contributed by atoms with Crippen molar-refractivity contribution in [3.63, 3.8) is 0 Å². The van der Waals surface area contributed by atoms with Crippen LogP contribution >= 0.6 is 24.8 Å². The number of amides is 1. The van der Waals surface area contributed by atoms with Crippen LogP contribution in [0.25, 0.3) is 11.0 Å². The van der Waals surface area contributed by atoms with E-state index in [9.17, 15) is 4.79 Å². The van der Waals surface area contributed by atoms with Gasteiger partial charge in [0.05, 0.1) is 11.0 Å². The number of hydrogen-bond donors (Lipinski definition) is 3. The Morgan fingerprint density at radius 2 is 2.04 bits per heavy atom. The Labute approximate surface area is 163 Å². The maximum absolute atomic E-state index is 13.1. The van der Waals surface area contributed by atoms with Crippen LogP contribution in [0.1, 0.15) is 18.7 Å². The number of hydrogen-bond acceptors (Lipinski definition) is 4. The number of aryl methyl sites for hydroxylation is 1. The lowest BCUT2D eigenvalue weighted by atomic mass is 9.87. The average Bonchev–Trinajstić information content (AvgIpc) is 3.24. The number of halogens is 2. The van der Waals surface area contributed by atoms with E-state index in [4.69, 9.17) is 0 Å². The highest BCUT2D eigenvalue weighted by Crippen LogP contribution is 2.29. The van der Waals surface area contributed by atoms with Gasteiger partial charge in [0, 0.05) is 18.1 Å². The zero-order valence-electron chi connectivity index (χ0n) is 14.4. The van der Waals surface area contributed by atoms with Gasteiger partial charge in [-0.15, -0.1) is 24.8 Å². The van der Waals surface area contributed by atoms with Crippen molar-refractivity contribution >= 4 is 47.4 Å². The van der Waals surface area contributed by atoms with Crippen LogP contribution in [-0.4, -0.2) is 38.7 Å². The van der Waals surface area contributed by atoms with Gasteiger partial charge in [0.2, 0.25) is 0 Å². The minimum absolute atomic E-state index is 0. The summed E-state index contributed by atoms with van der Waals surface area (Å²) >= 11 is 0. The third-order valence-corrected chi connectivity index (χ3v) is 4.65. The minimum atomic E-state index is -0.645. The highest BCUT2D eigenvalue weighted by atomic mass is 35.5. The standard InChI is InChI=1S/C17H20N6O.2ClH/c1-12-20-14-4-3-13(11-15(14)21-12)22-16(24)17(5-8-18-9-6-17)23-10-2-7-19-23;;/h2-4,7,10-11,18H,5-6,8-9H2,1H3,(H,20,21)(H,22,24);2*1H. The molecule has 0 radical (unpaired) electrons. The van der Waals surface area contributed by atoms with Crippen LogP contribution in [-0.2, 0) is 10.3 Å². The largest absolute Gasteiger partial charge is 0.342 e. The van der Waals surface area contributed by atoms with Crippen LogP contribution in [0.15, 0.2) is 36.7 Å². The van der Waals surface area contributed by atoms with E-state index in [0.717, 1.165) is 35.6 Å². The number of nitrogens with one attached hydrogen (secondary N) is 3. The second kappa shape index (κ2) is 8.07. The molecule has 3 aromatic rings. The van der Waals surface area contributed by atoms with Crippen molar-refractivity contribution in [2.75, 3.05) is 18.4 Å². The Bertz CT molecular complexity index is 871. The highest BCUT2D eigenvalue weighted by Gasteiger charge is 2.42. The van der Waals surface area contributed by atoms with Crippen LogP contribution in [0.5, 0.6) is 0 Å². The van der Waals surface area contributed by atoms with Gasteiger partial charge in [-0.1, -0.05) is 0 Å². The van der Waals surface area contributed by atoms with Gasteiger partial charge >= 0.3 is 0 Å². The molecule has 0 spiro atoms. The molecule has 26 heavy (non-hydrogen) atoms. The van der Waals surface area contributed by atoms with Gasteiger partial charge in [-0.05, 0) is 57.1 Å². The Kier molecular flexibility index (Phi) is 6.28. The molecule has 3 N–H and O–H groups in total. The molecular weight excluding hydrogens is 375 g/mol. The molecule has 9 heteroatoms. The average molecular weight is 397 g/mol. The SMILES string of the molecule is Cc1nc2ccc(NC(=O)C3(n4cccn4)CCNCC3)cc2[nH]1.Cl.Cl. The van der Waals surface area contributed by atoms with Crippen molar-refractivity contribution in [3.8, 4) is 0 Å². The van der Waals surface area contributed by atoms with E-state index < -0.39 is 5.54 Å². The molecule has 3 heterocycles. The third-order valence-electron chi connectivity index (χ3n) is 4.65. The van der Waals surface area contributed by atoms with Crippen LogP contribution < -0.4 is 10.6 Å². The Balaban J connectivity index is 0.00000121. The summed E-state index contributed by atoms with van der Waals surface area (Å²) in [6.45, 7) is 3.51. The topological polar surface area (TPSA) is 87.6 Å². The number of carbonyl (C=O) groups is 1. The first-order chi connectivity index (χ1) is 11.7. The first-order valence-corrected chi connectivity index (χ1v) is 8.16. The summed E-state index contributed by atoms with van der Waals surface area (Å²) in [4.78, 5) is 20.7. The molecule has 0 saturated carbocycles. The van der Waals surface area contributed by atoms with E-state index in [0.29, 0.717) is 12.8 Å². The fourth-order valence-corrected chi connectivity index (χ4v) is 3.38. The third kappa shape index (κ3) is 3.56. The van der Waals surface area contributed by atoms with E-state index in [1.54, 1.807) is 10.9 Å². The molecule has 4 rings (SSSR count). The number of benzene rings is 1. The van der Waals surface area contributed by atoms with Gasteiger partial charge in [0.25, 0.3) is 5.91 Å². The number of imidazole rings is 1. The van der Waals surface area contributed by atoms with E-state index in [1.165, 1.54) is 0 Å². The number of piperidine rings is 1. The zero-order chi connectivity index (χ0) is 16.6. The molecule has 140 valence electrons. The number of anilines is 1. The monoisotopic (exact) mass is 396 g/mol. The number of fused-ring (bicyclic) bond motifs is 1. The molecule has 1 aromatic carbocycles. The predicted molar refractivity (Wildman–Crippen MR) is 106 cm³/mol. The Morgan fingerprint density at radius 1 is 1.27 bits per heavy atom. The summed E-state index contributed by atoms with van der Waals surface area (Å²) in [7, 11) is 0. The van der Waals surface area contributed by atoms with Crippen molar-refractivity contribution in [3.05, 3.63) is 42.5 Å². The fraction of sp³-hybridized carbons (Fsp3) is 0.353. The lowest BCUT2D eigenvalue weighted by molar-refractivity contribution is -0.126. The molecular formula is C17H22Cl2N6O. The quantitative estimate of drug-likeness (QED) is 0.634. The van der Waals surface area contributed by atoms with Crippen molar-refractivity contribution in [2.24, 2.45) is 0 Å². The molecule has 0 atom stereocenters. The van der Waals surface area contributed by atoms with Gasteiger partial charge in [-0.25, -0.2) is 4.98 Å². The number of aromatic amines is 1. The number of aromatic nitrogens is 4. The normalized spacial score (nSPS) is 15.7. The highest BCUT2D eigenvalue weighted by molar-refractivity contribution is 5.98. The van der Waals surface area contributed by atoms with Crippen LogP contribution in [0.3, 0.4) is 0 Å². The van der Waals surface area contributed by atoms with Crippen molar-refractivity contribution < 1.29 is 4.79 Å².